The Morgan fingerprint density at radius 2 is 2.29 bits per heavy atom. The van der Waals surface area contributed by atoms with Crippen LogP contribution in [0.3, 0.4) is 0 Å². The van der Waals surface area contributed by atoms with Gasteiger partial charge in [0.2, 0.25) is 0 Å². The lowest BCUT2D eigenvalue weighted by Crippen LogP contribution is -2.28. The monoisotopic (exact) mass is 250 g/mol. The maximum absolute atomic E-state index is 3.71. The number of rotatable bonds is 4. The van der Waals surface area contributed by atoms with Crippen LogP contribution in [0.1, 0.15) is 30.5 Å². The third kappa shape index (κ3) is 3.47. The standard InChI is InChI=1S/C14H22N2S/c1-11(17-2)9-16-14-7-8-15-10-12-5-3-4-6-13(12)14/h3-6,11,14-16H,7-10H2,1-2H3. The zero-order chi connectivity index (χ0) is 12.1. The molecule has 2 nitrogen and oxygen atoms in total. The summed E-state index contributed by atoms with van der Waals surface area (Å²) in [6, 6.07) is 9.30. The molecule has 1 aliphatic heterocycles. The normalized spacial score (nSPS) is 21.6. The minimum atomic E-state index is 0.510. The maximum Gasteiger partial charge on any atom is 0.0336 e. The van der Waals surface area contributed by atoms with Gasteiger partial charge in [-0.15, -0.1) is 0 Å². The summed E-state index contributed by atoms with van der Waals surface area (Å²) in [6.07, 6.45) is 3.35. The van der Waals surface area contributed by atoms with Crippen LogP contribution in [0.2, 0.25) is 0 Å². The van der Waals surface area contributed by atoms with E-state index < -0.39 is 0 Å². The van der Waals surface area contributed by atoms with E-state index in [4.69, 9.17) is 0 Å². The van der Waals surface area contributed by atoms with Crippen molar-refractivity contribution in [3.63, 3.8) is 0 Å². The van der Waals surface area contributed by atoms with Crippen molar-refractivity contribution in [2.75, 3.05) is 19.3 Å². The predicted octanol–water partition coefficient (Wildman–Crippen LogP) is 2.56. The molecule has 0 aromatic heterocycles. The number of hydrogen-bond donors (Lipinski definition) is 2. The summed E-state index contributed by atoms with van der Waals surface area (Å²) in [6.45, 7) is 5.46. The molecular weight excluding hydrogens is 228 g/mol. The maximum atomic E-state index is 3.71. The first-order chi connectivity index (χ1) is 8.31. The second kappa shape index (κ2) is 6.43. The first-order valence-electron chi connectivity index (χ1n) is 6.36. The molecule has 94 valence electrons. The highest BCUT2D eigenvalue weighted by Gasteiger charge is 2.17. The minimum absolute atomic E-state index is 0.510. The quantitative estimate of drug-likeness (QED) is 0.859. The Labute approximate surface area is 109 Å². The average Bonchev–Trinajstić information content (AvgIpc) is 2.58. The van der Waals surface area contributed by atoms with Crippen molar-refractivity contribution >= 4 is 11.8 Å². The Kier molecular flexibility index (Phi) is 4.89. The zero-order valence-electron chi connectivity index (χ0n) is 10.7. The summed E-state index contributed by atoms with van der Waals surface area (Å²) in [7, 11) is 0. The van der Waals surface area contributed by atoms with Gasteiger partial charge in [0.25, 0.3) is 0 Å². The number of thioether (sulfide) groups is 1. The molecule has 0 aliphatic carbocycles. The minimum Gasteiger partial charge on any atom is -0.313 e. The molecule has 0 bridgehead atoms. The molecule has 1 aromatic rings. The van der Waals surface area contributed by atoms with Crippen molar-refractivity contribution in [1.29, 1.82) is 0 Å². The Morgan fingerprint density at radius 3 is 3.12 bits per heavy atom. The molecule has 1 aromatic carbocycles. The summed E-state index contributed by atoms with van der Waals surface area (Å²) >= 11 is 1.92. The molecule has 1 aliphatic rings. The van der Waals surface area contributed by atoms with Crippen LogP contribution in [-0.2, 0) is 6.54 Å². The molecular formula is C14H22N2S. The Balaban J connectivity index is 2.06. The van der Waals surface area contributed by atoms with E-state index in [9.17, 15) is 0 Å². The molecule has 0 fully saturated rings. The fourth-order valence-corrected chi connectivity index (χ4v) is 2.53. The molecule has 0 saturated heterocycles. The van der Waals surface area contributed by atoms with Crippen LogP contribution in [0.4, 0.5) is 0 Å². The van der Waals surface area contributed by atoms with Gasteiger partial charge in [0.05, 0.1) is 0 Å². The van der Waals surface area contributed by atoms with Gasteiger partial charge in [-0.1, -0.05) is 31.2 Å². The molecule has 2 unspecified atom stereocenters. The first kappa shape index (κ1) is 12.9. The van der Waals surface area contributed by atoms with Crippen molar-refractivity contribution in [1.82, 2.24) is 10.6 Å². The summed E-state index contributed by atoms with van der Waals surface area (Å²) in [5, 5.41) is 7.88. The molecule has 2 atom stereocenters. The van der Waals surface area contributed by atoms with Crippen molar-refractivity contribution in [2.24, 2.45) is 0 Å². The van der Waals surface area contributed by atoms with Gasteiger partial charge < -0.3 is 10.6 Å². The van der Waals surface area contributed by atoms with Gasteiger partial charge in [0, 0.05) is 24.4 Å². The van der Waals surface area contributed by atoms with Crippen LogP contribution in [-0.4, -0.2) is 24.6 Å². The van der Waals surface area contributed by atoms with Crippen molar-refractivity contribution in [3.05, 3.63) is 35.4 Å². The van der Waals surface area contributed by atoms with Gasteiger partial charge in [-0.3, -0.25) is 0 Å². The molecule has 2 N–H and O–H groups in total. The van der Waals surface area contributed by atoms with E-state index in [0.717, 1.165) is 19.6 Å². The third-order valence-electron chi connectivity index (χ3n) is 3.41. The Morgan fingerprint density at radius 1 is 1.47 bits per heavy atom. The van der Waals surface area contributed by atoms with Crippen LogP contribution in [0.25, 0.3) is 0 Å². The molecule has 0 spiro atoms. The zero-order valence-corrected chi connectivity index (χ0v) is 11.5. The van der Waals surface area contributed by atoms with Gasteiger partial charge in [-0.2, -0.15) is 11.8 Å². The Hall–Kier alpha value is -0.510. The average molecular weight is 250 g/mol. The number of hydrogen-bond acceptors (Lipinski definition) is 3. The fraction of sp³-hybridized carbons (Fsp3) is 0.571. The van der Waals surface area contributed by atoms with Crippen LogP contribution in [0.15, 0.2) is 24.3 Å². The lowest BCUT2D eigenvalue weighted by molar-refractivity contribution is 0.499. The SMILES string of the molecule is CSC(C)CNC1CCNCc2ccccc21. The van der Waals surface area contributed by atoms with Crippen LogP contribution < -0.4 is 10.6 Å². The highest BCUT2D eigenvalue weighted by atomic mass is 32.2. The van der Waals surface area contributed by atoms with Gasteiger partial charge in [0.15, 0.2) is 0 Å². The molecule has 1 heterocycles. The number of nitrogens with one attached hydrogen (secondary N) is 2. The largest absolute Gasteiger partial charge is 0.313 e. The van der Waals surface area contributed by atoms with E-state index in [-0.39, 0.29) is 0 Å². The Bertz CT molecular complexity index is 354. The van der Waals surface area contributed by atoms with E-state index in [1.54, 1.807) is 0 Å². The second-order valence-corrected chi connectivity index (χ2v) is 5.95. The van der Waals surface area contributed by atoms with Crippen LogP contribution in [0.5, 0.6) is 0 Å². The molecule has 2 rings (SSSR count). The smallest absolute Gasteiger partial charge is 0.0336 e. The van der Waals surface area contributed by atoms with Crippen molar-refractivity contribution < 1.29 is 0 Å². The second-order valence-electron chi connectivity index (χ2n) is 4.67. The highest BCUT2D eigenvalue weighted by molar-refractivity contribution is 7.99. The molecule has 0 saturated carbocycles. The summed E-state index contributed by atoms with van der Waals surface area (Å²) in [5.74, 6) is 0. The summed E-state index contributed by atoms with van der Waals surface area (Å²) in [5.41, 5.74) is 2.92. The van der Waals surface area contributed by atoms with Gasteiger partial charge >= 0.3 is 0 Å². The van der Waals surface area contributed by atoms with Crippen molar-refractivity contribution in [2.45, 2.75) is 31.2 Å². The van der Waals surface area contributed by atoms with E-state index in [1.165, 1.54) is 17.5 Å². The highest BCUT2D eigenvalue weighted by Crippen LogP contribution is 2.23. The van der Waals surface area contributed by atoms with Gasteiger partial charge in [-0.05, 0) is 30.3 Å². The fourth-order valence-electron chi connectivity index (χ4n) is 2.26. The third-order valence-corrected chi connectivity index (χ3v) is 4.38. The molecule has 0 radical (unpaired) electrons. The van der Waals surface area contributed by atoms with Crippen LogP contribution >= 0.6 is 11.8 Å². The molecule has 17 heavy (non-hydrogen) atoms. The van der Waals surface area contributed by atoms with Crippen LogP contribution in [0, 0.1) is 0 Å². The lowest BCUT2D eigenvalue weighted by atomic mass is 9.99. The lowest BCUT2D eigenvalue weighted by Gasteiger charge is -2.20. The van der Waals surface area contributed by atoms with Gasteiger partial charge in [-0.25, -0.2) is 0 Å². The predicted molar refractivity (Wildman–Crippen MR) is 76.5 cm³/mol. The van der Waals surface area contributed by atoms with E-state index in [2.05, 4.69) is 48.1 Å². The number of fused-ring (bicyclic) bond motifs is 1. The van der Waals surface area contributed by atoms with Gasteiger partial charge in [0.1, 0.15) is 0 Å². The van der Waals surface area contributed by atoms with E-state index in [0.29, 0.717) is 11.3 Å². The number of benzene rings is 1. The van der Waals surface area contributed by atoms with Crippen molar-refractivity contribution in [3.8, 4) is 0 Å². The van der Waals surface area contributed by atoms with E-state index in [1.807, 2.05) is 11.8 Å². The topological polar surface area (TPSA) is 24.1 Å². The first-order valence-corrected chi connectivity index (χ1v) is 7.64. The summed E-state index contributed by atoms with van der Waals surface area (Å²) < 4.78 is 0. The molecule has 0 amide bonds. The van der Waals surface area contributed by atoms with E-state index >= 15 is 0 Å². The summed E-state index contributed by atoms with van der Waals surface area (Å²) in [4.78, 5) is 0. The molecule has 3 heteroatoms.